The lowest BCUT2D eigenvalue weighted by Gasteiger charge is -2.14. The Morgan fingerprint density at radius 2 is 1.46 bits per heavy atom. The largest absolute Gasteiger partial charge is 0.417 e. The molecule has 37 heavy (non-hydrogen) atoms. The lowest BCUT2D eigenvalue weighted by atomic mass is 10.0. The molecule has 0 fully saturated rings. The molecule has 1 heterocycles. The fourth-order valence-electron chi connectivity index (χ4n) is 3.47. The van der Waals surface area contributed by atoms with Crippen LogP contribution in [0.5, 0.6) is 0 Å². The van der Waals surface area contributed by atoms with Crippen LogP contribution in [0.15, 0.2) is 79.1 Å². The van der Waals surface area contributed by atoms with Gasteiger partial charge in [-0.05, 0) is 55.0 Å². The Bertz CT molecular complexity index is 1460. The number of nitrogens with zero attached hydrogens (tertiary/aromatic N) is 2. The van der Waals surface area contributed by atoms with Crippen LogP contribution in [0.1, 0.15) is 31.8 Å². The van der Waals surface area contributed by atoms with Gasteiger partial charge in [0, 0.05) is 22.6 Å². The number of carbonyl (C=O) groups is 2. The first-order valence-corrected chi connectivity index (χ1v) is 10.9. The standard InChI is InChI=1S/C26H21F3N6O2/c1-15-9-10-18(33-23(36)20-7-2-3-8-22(20)26(27,28)29)12-21(15)24(37)34-19-13-31-25(32-14-19)35-17-6-4-5-16(30)11-17/h2-14H,30H2,1H3,(H,33,36)(H,34,37)(H,31,32,35). The molecule has 11 heteroatoms. The van der Waals surface area contributed by atoms with Gasteiger partial charge in [-0.25, -0.2) is 9.97 Å². The second-order valence-corrected chi connectivity index (χ2v) is 8.03. The van der Waals surface area contributed by atoms with E-state index >= 15 is 0 Å². The summed E-state index contributed by atoms with van der Waals surface area (Å²) in [5, 5.41) is 8.09. The first-order valence-electron chi connectivity index (χ1n) is 10.9. The average Bonchev–Trinajstić information content (AvgIpc) is 2.86. The normalized spacial score (nSPS) is 11.0. The van der Waals surface area contributed by atoms with Crippen molar-refractivity contribution in [1.82, 2.24) is 9.97 Å². The number of nitrogen functional groups attached to an aromatic ring is 1. The van der Waals surface area contributed by atoms with Gasteiger partial charge < -0.3 is 21.7 Å². The van der Waals surface area contributed by atoms with Crippen LogP contribution in [0.25, 0.3) is 0 Å². The Morgan fingerprint density at radius 3 is 2.16 bits per heavy atom. The molecule has 0 radical (unpaired) electrons. The van der Waals surface area contributed by atoms with Gasteiger partial charge in [-0.3, -0.25) is 9.59 Å². The highest BCUT2D eigenvalue weighted by Crippen LogP contribution is 2.32. The third kappa shape index (κ3) is 6.20. The summed E-state index contributed by atoms with van der Waals surface area (Å²) in [6.45, 7) is 1.69. The molecule has 0 saturated carbocycles. The smallest absolute Gasteiger partial charge is 0.399 e. The summed E-state index contributed by atoms with van der Waals surface area (Å²) in [5.41, 5.74) is 6.73. The van der Waals surface area contributed by atoms with Crippen LogP contribution in [-0.4, -0.2) is 21.8 Å². The Balaban J connectivity index is 1.46. The molecule has 0 bridgehead atoms. The fourth-order valence-corrected chi connectivity index (χ4v) is 3.47. The van der Waals surface area contributed by atoms with E-state index in [-0.39, 0.29) is 11.3 Å². The molecule has 5 N–H and O–H groups in total. The highest BCUT2D eigenvalue weighted by molar-refractivity contribution is 6.08. The number of hydrogen-bond acceptors (Lipinski definition) is 6. The second kappa shape index (κ2) is 10.4. The van der Waals surface area contributed by atoms with Crippen LogP contribution in [0.3, 0.4) is 0 Å². The topological polar surface area (TPSA) is 122 Å². The molecule has 0 aliphatic heterocycles. The van der Waals surface area contributed by atoms with E-state index in [1.807, 2.05) is 0 Å². The van der Waals surface area contributed by atoms with Gasteiger partial charge in [0.1, 0.15) is 0 Å². The zero-order valence-electron chi connectivity index (χ0n) is 19.4. The van der Waals surface area contributed by atoms with Gasteiger partial charge in [0.2, 0.25) is 5.95 Å². The third-order valence-electron chi connectivity index (χ3n) is 5.27. The number of aromatic nitrogens is 2. The summed E-state index contributed by atoms with van der Waals surface area (Å²) in [5.74, 6) is -1.16. The van der Waals surface area contributed by atoms with Gasteiger partial charge in [0.25, 0.3) is 11.8 Å². The van der Waals surface area contributed by atoms with E-state index in [1.165, 1.54) is 36.7 Å². The minimum absolute atomic E-state index is 0.163. The molecule has 0 spiro atoms. The average molecular weight is 506 g/mol. The van der Waals surface area contributed by atoms with Crippen LogP contribution < -0.4 is 21.7 Å². The number of benzene rings is 3. The number of amides is 2. The monoisotopic (exact) mass is 506 g/mol. The Hall–Kier alpha value is -4.93. The van der Waals surface area contributed by atoms with Crippen LogP contribution in [0, 0.1) is 6.92 Å². The molecule has 4 aromatic rings. The van der Waals surface area contributed by atoms with E-state index in [1.54, 1.807) is 37.3 Å². The van der Waals surface area contributed by atoms with Crippen molar-refractivity contribution in [2.75, 3.05) is 21.7 Å². The summed E-state index contributed by atoms with van der Waals surface area (Å²) in [4.78, 5) is 33.8. The van der Waals surface area contributed by atoms with Crippen molar-refractivity contribution in [3.05, 3.63) is 101 Å². The van der Waals surface area contributed by atoms with Crippen molar-refractivity contribution < 1.29 is 22.8 Å². The zero-order valence-corrected chi connectivity index (χ0v) is 19.4. The molecule has 0 aliphatic carbocycles. The van der Waals surface area contributed by atoms with E-state index in [4.69, 9.17) is 5.73 Å². The number of nitrogens with two attached hydrogens (primary N) is 1. The van der Waals surface area contributed by atoms with Crippen molar-refractivity contribution >= 4 is 40.5 Å². The summed E-state index contributed by atoms with van der Waals surface area (Å²) < 4.78 is 39.8. The van der Waals surface area contributed by atoms with Crippen molar-refractivity contribution in [3.63, 3.8) is 0 Å². The molecule has 8 nitrogen and oxygen atoms in total. The van der Waals surface area contributed by atoms with E-state index < -0.39 is 29.1 Å². The summed E-state index contributed by atoms with van der Waals surface area (Å²) in [7, 11) is 0. The SMILES string of the molecule is Cc1ccc(NC(=O)c2ccccc2C(F)(F)F)cc1C(=O)Nc1cnc(Nc2cccc(N)c2)nc1. The van der Waals surface area contributed by atoms with Gasteiger partial charge >= 0.3 is 6.18 Å². The summed E-state index contributed by atoms with van der Waals surface area (Å²) in [6, 6.07) is 16.0. The lowest BCUT2D eigenvalue weighted by molar-refractivity contribution is -0.137. The van der Waals surface area contributed by atoms with Crippen molar-refractivity contribution in [2.45, 2.75) is 13.1 Å². The predicted octanol–water partition coefficient (Wildman–Crippen LogP) is 5.63. The molecule has 1 aromatic heterocycles. The van der Waals surface area contributed by atoms with Crippen molar-refractivity contribution in [3.8, 4) is 0 Å². The number of alkyl halides is 3. The molecule has 2 amide bonds. The fraction of sp³-hybridized carbons (Fsp3) is 0.0769. The number of aryl methyl sites for hydroxylation is 1. The molecule has 0 aliphatic rings. The van der Waals surface area contributed by atoms with Crippen LogP contribution >= 0.6 is 0 Å². The maximum Gasteiger partial charge on any atom is 0.417 e. The van der Waals surface area contributed by atoms with Gasteiger partial charge in [-0.1, -0.05) is 24.3 Å². The molecular weight excluding hydrogens is 485 g/mol. The number of rotatable bonds is 6. The van der Waals surface area contributed by atoms with E-state index in [9.17, 15) is 22.8 Å². The van der Waals surface area contributed by atoms with Crippen LogP contribution in [-0.2, 0) is 6.18 Å². The maximum atomic E-state index is 13.3. The second-order valence-electron chi connectivity index (χ2n) is 8.03. The molecule has 4 rings (SSSR count). The molecule has 188 valence electrons. The van der Waals surface area contributed by atoms with Crippen LogP contribution in [0.2, 0.25) is 0 Å². The lowest BCUT2D eigenvalue weighted by Crippen LogP contribution is -2.19. The van der Waals surface area contributed by atoms with Gasteiger partial charge in [-0.15, -0.1) is 0 Å². The number of halogens is 3. The molecule has 0 saturated heterocycles. The number of hydrogen-bond donors (Lipinski definition) is 4. The van der Waals surface area contributed by atoms with Gasteiger partial charge in [0.05, 0.1) is 29.2 Å². The first-order chi connectivity index (χ1) is 17.6. The number of carbonyl (C=O) groups excluding carboxylic acids is 2. The summed E-state index contributed by atoms with van der Waals surface area (Å²) >= 11 is 0. The first kappa shape index (κ1) is 25.2. The predicted molar refractivity (Wildman–Crippen MR) is 135 cm³/mol. The van der Waals surface area contributed by atoms with E-state index in [0.29, 0.717) is 28.6 Å². The third-order valence-corrected chi connectivity index (χ3v) is 5.27. The van der Waals surface area contributed by atoms with Gasteiger partial charge in [0.15, 0.2) is 0 Å². The molecule has 0 unspecified atom stereocenters. The molecule has 0 atom stereocenters. The Morgan fingerprint density at radius 1 is 0.784 bits per heavy atom. The minimum atomic E-state index is -4.69. The van der Waals surface area contributed by atoms with E-state index in [0.717, 1.165) is 12.1 Å². The van der Waals surface area contributed by atoms with Crippen molar-refractivity contribution in [2.24, 2.45) is 0 Å². The minimum Gasteiger partial charge on any atom is -0.399 e. The van der Waals surface area contributed by atoms with Gasteiger partial charge in [-0.2, -0.15) is 13.2 Å². The van der Waals surface area contributed by atoms with E-state index in [2.05, 4.69) is 25.9 Å². The zero-order chi connectivity index (χ0) is 26.6. The quantitative estimate of drug-likeness (QED) is 0.251. The highest BCUT2D eigenvalue weighted by atomic mass is 19.4. The number of nitrogens with one attached hydrogen (secondary N) is 3. The Kier molecular flexibility index (Phi) is 7.05. The summed E-state index contributed by atoms with van der Waals surface area (Å²) in [6.07, 6.45) is -1.86. The molecular formula is C26H21F3N6O2. The van der Waals surface area contributed by atoms with Crippen molar-refractivity contribution in [1.29, 1.82) is 0 Å². The molecule has 3 aromatic carbocycles. The van der Waals surface area contributed by atoms with Crippen LogP contribution in [0.4, 0.5) is 41.9 Å². The number of anilines is 5. The Labute approximate surface area is 209 Å². The highest BCUT2D eigenvalue weighted by Gasteiger charge is 2.34. The maximum absolute atomic E-state index is 13.3.